The van der Waals surface area contributed by atoms with E-state index in [2.05, 4.69) is 70.4 Å². The Morgan fingerprint density at radius 2 is 1.89 bits per heavy atom. The van der Waals surface area contributed by atoms with Crippen LogP contribution in [0.4, 0.5) is 0 Å². The highest BCUT2D eigenvalue weighted by molar-refractivity contribution is 14.1. The predicted molar refractivity (Wildman–Crippen MR) is 85.7 cm³/mol. The maximum atomic E-state index is 5.83. The molecule has 0 spiro atoms. The van der Waals surface area contributed by atoms with Crippen molar-refractivity contribution in [1.29, 1.82) is 0 Å². The first-order valence-electron chi connectivity index (χ1n) is 6.47. The van der Waals surface area contributed by atoms with Gasteiger partial charge in [0.2, 0.25) is 0 Å². The molecule has 2 aromatic rings. The van der Waals surface area contributed by atoms with Crippen molar-refractivity contribution < 1.29 is 4.74 Å². The molecule has 0 amide bonds. The van der Waals surface area contributed by atoms with Crippen LogP contribution in [0.3, 0.4) is 0 Å². The molecule has 1 unspecified atom stereocenters. The quantitative estimate of drug-likeness (QED) is 0.841. The molecule has 0 aromatic heterocycles. The van der Waals surface area contributed by atoms with Crippen LogP contribution >= 0.6 is 22.6 Å². The van der Waals surface area contributed by atoms with Crippen LogP contribution in [0.1, 0.15) is 22.7 Å². The molecule has 1 heterocycles. The molecule has 0 fully saturated rings. The highest BCUT2D eigenvalue weighted by Crippen LogP contribution is 2.37. The molecule has 0 bridgehead atoms. The molecule has 0 aliphatic carbocycles. The monoisotopic (exact) mass is 365 g/mol. The Balaban J connectivity index is 2.09. The fraction of sp³-hybridized carbons (Fsp3) is 0.250. The summed E-state index contributed by atoms with van der Waals surface area (Å²) in [5, 5.41) is 3.42. The van der Waals surface area contributed by atoms with Crippen LogP contribution in [0.2, 0.25) is 0 Å². The van der Waals surface area contributed by atoms with E-state index in [4.69, 9.17) is 4.74 Å². The third-order valence-corrected chi connectivity index (χ3v) is 4.54. The van der Waals surface area contributed by atoms with Gasteiger partial charge in [-0.3, -0.25) is 0 Å². The lowest BCUT2D eigenvalue weighted by molar-refractivity contribution is 0.351. The first-order chi connectivity index (χ1) is 9.31. The maximum absolute atomic E-state index is 5.83. The van der Waals surface area contributed by atoms with Crippen LogP contribution in [0.15, 0.2) is 42.5 Å². The first kappa shape index (κ1) is 12.9. The largest absolute Gasteiger partial charge is 0.493 e. The fourth-order valence-corrected chi connectivity index (χ4v) is 3.35. The van der Waals surface area contributed by atoms with Crippen LogP contribution in [0.25, 0.3) is 0 Å². The van der Waals surface area contributed by atoms with Gasteiger partial charge in [0.1, 0.15) is 5.75 Å². The summed E-state index contributed by atoms with van der Waals surface area (Å²) in [5.41, 5.74) is 3.86. The average Bonchev–Trinajstić information content (AvgIpc) is 2.91. The van der Waals surface area contributed by atoms with Gasteiger partial charge in [-0.05, 0) is 46.8 Å². The van der Waals surface area contributed by atoms with E-state index in [1.165, 1.54) is 20.3 Å². The fourth-order valence-electron chi connectivity index (χ4n) is 2.66. The van der Waals surface area contributed by atoms with Crippen molar-refractivity contribution in [3.63, 3.8) is 0 Å². The van der Waals surface area contributed by atoms with E-state index >= 15 is 0 Å². The Labute approximate surface area is 127 Å². The number of benzene rings is 2. The van der Waals surface area contributed by atoms with Crippen molar-refractivity contribution in [2.75, 3.05) is 13.7 Å². The SMILES string of the molecule is CNC(c1ccccc1I)c1cccc2c1OCC2. The van der Waals surface area contributed by atoms with Crippen molar-refractivity contribution in [3.05, 3.63) is 62.7 Å². The molecule has 3 rings (SSSR count). The Hall–Kier alpha value is -1.07. The molecule has 1 aliphatic rings. The van der Waals surface area contributed by atoms with E-state index in [0.29, 0.717) is 0 Å². The Kier molecular flexibility index (Phi) is 3.75. The number of rotatable bonds is 3. The number of fused-ring (bicyclic) bond motifs is 1. The Bertz CT molecular complexity index is 597. The molecule has 1 aliphatic heterocycles. The number of para-hydroxylation sites is 1. The van der Waals surface area contributed by atoms with Crippen LogP contribution in [0.5, 0.6) is 5.75 Å². The molecule has 0 radical (unpaired) electrons. The predicted octanol–water partition coefficient (Wildman–Crippen LogP) is 3.53. The lowest BCUT2D eigenvalue weighted by atomic mass is 9.96. The zero-order chi connectivity index (χ0) is 13.2. The first-order valence-corrected chi connectivity index (χ1v) is 7.55. The number of hydrogen-bond acceptors (Lipinski definition) is 2. The van der Waals surface area contributed by atoms with E-state index in [-0.39, 0.29) is 6.04 Å². The minimum atomic E-state index is 0.182. The van der Waals surface area contributed by atoms with Gasteiger partial charge in [-0.25, -0.2) is 0 Å². The smallest absolute Gasteiger partial charge is 0.127 e. The van der Waals surface area contributed by atoms with Gasteiger partial charge in [-0.2, -0.15) is 0 Å². The summed E-state index contributed by atoms with van der Waals surface area (Å²) in [6.07, 6.45) is 1.02. The van der Waals surface area contributed by atoms with E-state index in [9.17, 15) is 0 Å². The van der Waals surface area contributed by atoms with Crippen molar-refractivity contribution in [1.82, 2.24) is 5.32 Å². The third kappa shape index (κ3) is 2.37. The third-order valence-electron chi connectivity index (χ3n) is 3.56. The van der Waals surface area contributed by atoms with E-state index in [1.807, 2.05) is 7.05 Å². The Morgan fingerprint density at radius 3 is 2.68 bits per heavy atom. The molecular weight excluding hydrogens is 349 g/mol. The second-order valence-electron chi connectivity index (χ2n) is 4.68. The normalized spacial score (nSPS) is 14.8. The number of halogens is 1. The zero-order valence-electron chi connectivity index (χ0n) is 10.8. The lowest BCUT2D eigenvalue weighted by Gasteiger charge is -2.21. The molecule has 1 N–H and O–H groups in total. The highest BCUT2D eigenvalue weighted by atomic mass is 127. The van der Waals surface area contributed by atoms with Crippen LogP contribution in [-0.2, 0) is 6.42 Å². The van der Waals surface area contributed by atoms with Gasteiger partial charge in [0.15, 0.2) is 0 Å². The highest BCUT2D eigenvalue weighted by Gasteiger charge is 2.23. The number of nitrogens with one attached hydrogen (secondary N) is 1. The van der Waals surface area contributed by atoms with Crippen molar-refractivity contribution in [3.8, 4) is 5.75 Å². The van der Waals surface area contributed by atoms with Gasteiger partial charge in [0.05, 0.1) is 12.6 Å². The molecule has 98 valence electrons. The molecule has 0 saturated carbocycles. The van der Waals surface area contributed by atoms with Crippen molar-refractivity contribution in [2.24, 2.45) is 0 Å². The minimum absolute atomic E-state index is 0.182. The van der Waals surface area contributed by atoms with E-state index in [0.717, 1.165) is 18.8 Å². The average molecular weight is 365 g/mol. The van der Waals surface area contributed by atoms with E-state index < -0.39 is 0 Å². The molecule has 1 atom stereocenters. The lowest BCUT2D eigenvalue weighted by Crippen LogP contribution is -2.19. The number of hydrogen-bond donors (Lipinski definition) is 1. The summed E-state index contributed by atoms with van der Waals surface area (Å²) in [5.74, 6) is 1.07. The van der Waals surface area contributed by atoms with Crippen LogP contribution in [-0.4, -0.2) is 13.7 Å². The number of ether oxygens (including phenoxy) is 1. The maximum Gasteiger partial charge on any atom is 0.127 e. The van der Waals surface area contributed by atoms with Crippen LogP contribution in [0, 0.1) is 3.57 Å². The molecular formula is C16H16INO. The molecule has 2 aromatic carbocycles. The standard InChI is InChI=1S/C16H16INO/c1-18-15(12-6-2-3-8-14(12)17)13-7-4-5-11-9-10-19-16(11)13/h2-8,15,18H,9-10H2,1H3. The second-order valence-corrected chi connectivity index (χ2v) is 5.84. The molecule has 3 heteroatoms. The Morgan fingerprint density at radius 1 is 1.11 bits per heavy atom. The van der Waals surface area contributed by atoms with E-state index in [1.54, 1.807) is 0 Å². The van der Waals surface area contributed by atoms with Gasteiger partial charge >= 0.3 is 0 Å². The van der Waals surface area contributed by atoms with Crippen molar-refractivity contribution in [2.45, 2.75) is 12.5 Å². The molecule has 0 saturated heterocycles. The minimum Gasteiger partial charge on any atom is -0.493 e. The summed E-state index contributed by atoms with van der Waals surface area (Å²) in [6.45, 7) is 0.800. The topological polar surface area (TPSA) is 21.3 Å². The van der Waals surface area contributed by atoms with Gasteiger partial charge in [0.25, 0.3) is 0 Å². The summed E-state index contributed by atoms with van der Waals surface area (Å²) < 4.78 is 7.10. The summed E-state index contributed by atoms with van der Waals surface area (Å²) >= 11 is 2.39. The van der Waals surface area contributed by atoms with Gasteiger partial charge in [-0.1, -0.05) is 36.4 Å². The van der Waals surface area contributed by atoms with Crippen molar-refractivity contribution >= 4 is 22.6 Å². The summed E-state index contributed by atoms with van der Waals surface area (Å²) in [4.78, 5) is 0. The second kappa shape index (κ2) is 5.51. The molecule has 2 nitrogen and oxygen atoms in total. The molecule has 19 heavy (non-hydrogen) atoms. The van der Waals surface area contributed by atoms with Gasteiger partial charge < -0.3 is 10.1 Å². The summed E-state index contributed by atoms with van der Waals surface area (Å²) in [7, 11) is 2.00. The van der Waals surface area contributed by atoms with Gasteiger partial charge in [0, 0.05) is 15.6 Å². The summed E-state index contributed by atoms with van der Waals surface area (Å²) in [6, 6.07) is 15.1. The van der Waals surface area contributed by atoms with Crippen LogP contribution < -0.4 is 10.1 Å². The zero-order valence-corrected chi connectivity index (χ0v) is 13.0. The van der Waals surface area contributed by atoms with Gasteiger partial charge in [-0.15, -0.1) is 0 Å².